The topological polar surface area (TPSA) is 24.9 Å². The van der Waals surface area contributed by atoms with E-state index in [4.69, 9.17) is 0 Å². The summed E-state index contributed by atoms with van der Waals surface area (Å²) >= 11 is 5.14. The van der Waals surface area contributed by atoms with E-state index in [1.165, 1.54) is 12.1 Å². The lowest BCUT2D eigenvalue weighted by Crippen LogP contribution is -2.34. The van der Waals surface area contributed by atoms with Crippen LogP contribution in [-0.2, 0) is 12.8 Å². The SMILES string of the molecule is CCCNC(Cc1csc(C)n1)Cc1ccc(F)cc1Br. The van der Waals surface area contributed by atoms with E-state index in [-0.39, 0.29) is 5.82 Å². The van der Waals surface area contributed by atoms with Gasteiger partial charge in [-0.05, 0) is 44.0 Å². The van der Waals surface area contributed by atoms with Crippen molar-refractivity contribution in [3.05, 3.63) is 50.1 Å². The summed E-state index contributed by atoms with van der Waals surface area (Å²) in [4.78, 5) is 4.54. The van der Waals surface area contributed by atoms with Crippen LogP contribution in [0.15, 0.2) is 28.1 Å². The Morgan fingerprint density at radius 1 is 1.38 bits per heavy atom. The van der Waals surface area contributed by atoms with Gasteiger partial charge in [0.25, 0.3) is 0 Å². The van der Waals surface area contributed by atoms with Crippen molar-refractivity contribution in [1.82, 2.24) is 10.3 Å². The molecular weight excluding hydrogens is 351 g/mol. The molecule has 5 heteroatoms. The molecule has 0 fully saturated rings. The molecule has 2 rings (SSSR count). The highest BCUT2D eigenvalue weighted by Gasteiger charge is 2.14. The molecule has 2 nitrogen and oxygen atoms in total. The summed E-state index contributed by atoms with van der Waals surface area (Å²) in [5, 5.41) is 6.79. The fourth-order valence-electron chi connectivity index (χ4n) is 2.27. The minimum atomic E-state index is -0.209. The summed E-state index contributed by atoms with van der Waals surface area (Å²) in [5.41, 5.74) is 2.25. The number of hydrogen-bond acceptors (Lipinski definition) is 3. The second kappa shape index (κ2) is 8.01. The Labute approximate surface area is 137 Å². The summed E-state index contributed by atoms with van der Waals surface area (Å²) < 4.78 is 14.0. The Balaban J connectivity index is 2.08. The first-order valence-corrected chi connectivity index (χ1v) is 8.84. The molecule has 0 aliphatic carbocycles. The molecule has 0 amide bonds. The zero-order chi connectivity index (χ0) is 15.2. The number of nitrogens with zero attached hydrogens (tertiary/aromatic N) is 1. The number of aryl methyl sites for hydroxylation is 1. The number of aromatic nitrogens is 1. The predicted octanol–water partition coefficient (Wildman–Crippen LogP) is 4.51. The van der Waals surface area contributed by atoms with E-state index in [2.05, 4.69) is 38.5 Å². The van der Waals surface area contributed by atoms with Crippen LogP contribution in [0.25, 0.3) is 0 Å². The average molecular weight is 371 g/mol. The second-order valence-corrected chi connectivity index (χ2v) is 7.07. The highest BCUT2D eigenvalue weighted by molar-refractivity contribution is 9.10. The minimum absolute atomic E-state index is 0.209. The number of benzene rings is 1. The molecule has 21 heavy (non-hydrogen) atoms. The maximum atomic E-state index is 13.2. The smallest absolute Gasteiger partial charge is 0.124 e. The van der Waals surface area contributed by atoms with E-state index in [1.54, 1.807) is 11.3 Å². The molecule has 2 aromatic rings. The summed E-state index contributed by atoms with van der Waals surface area (Å²) in [6.45, 7) is 5.16. The minimum Gasteiger partial charge on any atom is -0.313 e. The van der Waals surface area contributed by atoms with E-state index < -0.39 is 0 Å². The van der Waals surface area contributed by atoms with E-state index in [9.17, 15) is 4.39 Å². The molecule has 1 aromatic carbocycles. The first kappa shape index (κ1) is 16.6. The number of hydrogen-bond donors (Lipinski definition) is 1. The Bertz CT molecular complexity index is 585. The molecule has 1 heterocycles. The number of rotatable bonds is 7. The predicted molar refractivity (Wildman–Crippen MR) is 90.4 cm³/mol. The first-order chi connectivity index (χ1) is 10.1. The number of halogens is 2. The first-order valence-electron chi connectivity index (χ1n) is 7.16. The van der Waals surface area contributed by atoms with Gasteiger partial charge >= 0.3 is 0 Å². The van der Waals surface area contributed by atoms with Crippen molar-refractivity contribution >= 4 is 27.3 Å². The molecule has 0 bridgehead atoms. The lowest BCUT2D eigenvalue weighted by molar-refractivity contribution is 0.500. The quantitative estimate of drug-likeness (QED) is 0.775. The van der Waals surface area contributed by atoms with Crippen LogP contribution in [0, 0.1) is 12.7 Å². The molecule has 114 valence electrons. The van der Waals surface area contributed by atoms with E-state index >= 15 is 0 Å². The van der Waals surface area contributed by atoms with Crippen LogP contribution in [0.3, 0.4) is 0 Å². The summed E-state index contributed by atoms with van der Waals surface area (Å²) in [6.07, 6.45) is 2.85. The highest BCUT2D eigenvalue weighted by atomic mass is 79.9. The molecule has 1 N–H and O–H groups in total. The highest BCUT2D eigenvalue weighted by Crippen LogP contribution is 2.21. The zero-order valence-electron chi connectivity index (χ0n) is 12.3. The van der Waals surface area contributed by atoms with Gasteiger partial charge < -0.3 is 5.32 Å². The third-order valence-electron chi connectivity index (χ3n) is 3.29. The van der Waals surface area contributed by atoms with Gasteiger partial charge in [0.15, 0.2) is 0 Å². The maximum Gasteiger partial charge on any atom is 0.124 e. The summed E-state index contributed by atoms with van der Waals surface area (Å²) in [6, 6.07) is 5.21. The van der Waals surface area contributed by atoms with Crippen molar-refractivity contribution in [3.63, 3.8) is 0 Å². The second-order valence-electron chi connectivity index (χ2n) is 5.15. The fraction of sp³-hybridized carbons (Fsp3) is 0.438. The van der Waals surface area contributed by atoms with Crippen LogP contribution in [0.2, 0.25) is 0 Å². The normalized spacial score (nSPS) is 12.6. The Kier molecular flexibility index (Phi) is 6.33. The number of thiazole rings is 1. The molecule has 1 atom stereocenters. The molecule has 1 unspecified atom stereocenters. The van der Waals surface area contributed by atoms with E-state index in [1.807, 2.05) is 13.0 Å². The van der Waals surface area contributed by atoms with Crippen molar-refractivity contribution in [2.75, 3.05) is 6.54 Å². The van der Waals surface area contributed by atoms with Crippen LogP contribution < -0.4 is 5.32 Å². The molecule has 0 spiro atoms. The average Bonchev–Trinajstić information content (AvgIpc) is 2.84. The van der Waals surface area contributed by atoms with Gasteiger partial charge in [-0.25, -0.2) is 9.37 Å². The largest absolute Gasteiger partial charge is 0.313 e. The van der Waals surface area contributed by atoms with Gasteiger partial charge in [-0.2, -0.15) is 0 Å². The molecule has 0 aliphatic heterocycles. The third-order valence-corrected chi connectivity index (χ3v) is 4.85. The zero-order valence-corrected chi connectivity index (χ0v) is 14.7. The lowest BCUT2D eigenvalue weighted by Gasteiger charge is -2.18. The standard InChI is InChI=1S/C16H20BrFN2S/c1-3-6-19-14(9-15-10-21-11(2)20-15)7-12-4-5-13(18)8-16(12)17/h4-5,8,10,14,19H,3,6-7,9H2,1-2H3. The van der Waals surface area contributed by atoms with Crippen LogP contribution in [-0.4, -0.2) is 17.6 Å². The van der Waals surface area contributed by atoms with Crippen molar-refractivity contribution < 1.29 is 4.39 Å². The summed E-state index contributed by atoms with van der Waals surface area (Å²) in [7, 11) is 0. The van der Waals surface area contributed by atoms with Crippen LogP contribution in [0.4, 0.5) is 4.39 Å². The molecule has 0 saturated heterocycles. The van der Waals surface area contributed by atoms with Gasteiger partial charge in [-0.3, -0.25) is 0 Å². The fourth-order valence-corrected chi connectivity index (χ4v) is 3.41. The van der Waals surface area contributed by atoms with Gasteiger partial charge in [-0.1, -0.05) is 28.9 Å². The van der Waals surface area contributed by atoms with Crippen molar-refractivity contribution in [3.8, 4) is 0 Å². The number of nitrogens with one attached hydrogen (secondary N) is 1. The van der Waals surface area contributed by atoms with Crippen LogP contribution >= 0.6 is 27.3 Å². The third kappa shape index (κ3) is 5.16. The van der Waals surface area contributed by atoms with Gasteiger partial charge in [0.05, 0.1) is 10.7 Å². The van der Waals surface area contributed by atoms with Crippen molar-refractivity contribution in [2.24, 2.45) is 0 Å². The Morgan fingerprint density at radius 3 is 2.81 bits per heavy atom. The lowest BCUT2D eigenvalue weighted by atomic mass is 10.0. The van der Waals surface area contributed by atoms with Crippen molar-refractivity contribution in [1.29, 1.82) is 0 Å². The molecule has 0 aliphatic rings. The van der Waals surface area contributed by atoms with Crippen LogP contribution in [0.1, 0.15) is 29.6 Å². The van der Waals surface area contributed by atoms with Gasteiger partial charge in [0.1, 0.15) is 5.82 Å². The van der Waals surface area contributed by atoms with E-state index in [0.717, 1.165) is 46.5 Å². The van der Waals surface area contributed by atoms with E-state index in [0.29, 0.717) is 6.04 Å². The Morgan fingerprint density at radius 2 is 2.19 bits per heavy atom. The molecule has 0 saturated carbocycles. The van der Waals surface area contributed by atoms with Gasteiger partial charge in [0, 0.05) is 22.3 Å². The van der Waals surface area contributed by atoms with Gasteiger partial charge in [-0.15, -0.1) is 11.3 Å². The maximum absolute atomic E-state index is 13.2. The Hall–Kier alpha value is -0.780. The molecule has 1 aromatic heterocycles. The summed E-state index contributed by atoms with van der Waals surface area (Å²) in [5.74, 6) is -0.209. The monoisotopic (exact) mass is 370 g/mol. The van der Waals surface area contributed by atoms with Gasteiger partial charge in [0.2, 0.25) is 0 Å². The van der Waals surface area contributed by atoms with Crippen LogP contribution in [0.5, 0.6) is 0 Å². The van der Waals surface area contributed by atoms with Crippen molar-refractivity contribution in [2.45, 2.75) is 39.2 Å². The molecule has 0 radical (unpaired) electrons. The molecular formula is C16H20BrFN2S.